The van der Waals surface area contributed by atoms with Crippen LogP contribution in [0.4, 0.5) is 15.6 Å². The number of aromatic nitrogens is 1. The van der Waals surface area contributed by atoms with Crippen molar-refractivity contribution < 1.29 is 23.8 Å². The van der Waals surface area contributed by atoms with E-state index in [-0.39, 0.29) is 18.1 Å². The Balaban J connectivity index is 1.43. The molecule has 4 rings (SSSR count). The van der Waals surface area contributed by atoms with E-state index in [1.54, 1.807) is 48.0 Å². The summed E-state index contributed by atoms with van der Waals surface area (Å²) in [7, 11) is 1.54. The highest BCUT2D eigenvalue weighted by Gasteiger charge is 2.38. The molecule has 1 aromatic carbocycles. The molecule has 2 aliphatic rings. The lowest BCUT2D eigenvalue weighted by atomic mass is 9.89. The van der Waals surface area contributed by atoms with Gasteiger partial charge in [0.05, 0.1) is 18.9 Å². The average molecular weight is 478 g/mol. The van der Waals surface area contributed by atoms with E-state index in [1.807, 2.05) is 0 Å². The van der Waals surface area contributed by atoms with Crippen LogP contribution in [0.3, 0.4) is 0 Å². The summed E-state index contributed by atoms with van der Waals surface area (Å²) in [5.41, 5.74) is 0.868. The smallest absolute Gasteiger partial charge is 0.325 e. The number of methoxy groups -OCH3 is 1. The number of carbonyl (C=O) groups is 2. The number of amides is 2. The molecule has 2 amide bonds. The number of nitrogens with zero attached hydrogens (tertiary/aromatic N) is 3. The third-order valence-corrected chi connectivity index (χ3v) is 5.40. The summed E-state index contributed by atoms with van der Waals surface area (Å²) in [6, 6.07) is 6.24. The van der Waals surface area contributed by atoms with Gasteiger partial charge in [-0.15, -0.1) is 11.3 Å². The van der Waals surface area contributed by atoms with Gasteiger partial charge in [0.2, 0.25) is 0 Å². The Morgan fingerprint density at radius 1 is 1.24 bits per heavy atom. The van der Waals surface area contributed by atoms with Crippen LogP contribution in [0.1, 0.15) is 0 Å². The largest absolute Gasteiger partial charge is 0.502 e. The van der Waals surface area contributed by atoms with Crippen molar-refractivity contribution in [2.75, 3.05) is 31.0 Å². The van der Waals surface area contributed by atoms with Crippen LogP contribution < -0.4 is 15.4 Å². The molecule has 34 heavy (non-hydrogen) atoms. The molecule has 1 aliphatic heterocycles. The molecule has 0 bridgehead atoms. The summed E-state index contributed by atoms with van der Waals surface area (Å²) in [6.45, 7) is 7.97. The predicted molar refractivity (Wildman–Crippen MR) is 126 cm³/mol. The molecule has 2 heterocycles. The predicted octanol–water partition coefficient (Wildman–Crippen LogP) is 4.01. The average Bonchev–Trinajstić information content (AvgIpc) is 3.33. The minimum atomic E-state index is -0.842. The van der Waals surface area contributed by atoms with Crippen molar-refractivity contribution in [1.82, 2.24) is 4.98 Å². The highest BCUT2D eigenvalue weighted by molar-refractivity contribution is 7.13. The number of aliphatic imine (C=N–C) groups is 1. The van der Waals surface area contributed by atoms with Crippen molar-refractivity contribution in [2.45, 2.75) is 0 Å². The molecular weight excluding hydrogens is 458 g/mol. The number of rotatable bonds is 8. The second-order valence-corrected chi connectivity index (χ2v) is 7.82. The van der Waals surface area contributed by atoms with Gasteiger partial charge in [-0.1, -0.05) is 0 Å². The number of ether oxygens (including phenoxy) is 3. The topological polar surface area (TPSA) is 116 Å². The number of Topliss-reactive ketones (excluding diaryl/α,β-unsaturated/α-hetero) is 1. The number of nitrogens with one attached hydrogen (secondary N) is 2. The molecule has 1 atom stereocenters. The van der Waals surface area contributed by atoms with Gasteiger partial charge >= 0.3 is 6.03 Å². The van der Waals surface area contributed by atoms with Crippen LogP contribution in [-0.2, 0) is 14.3 Å². The van der Waals surface area contributed by atoms with Gasteiger partial charge in [-0.25, -0.2) is 14.6 Å². The minimum absolute atomic E-state index is 0.109. The Bertz CT molecular complexity index is 1240. The first-order chi connectivity index (χ1) is 16.6. The number of ketones is 1. The third kappa shape index (κ3) is 5.20. The normalized spacial score (nSPS) is 16.7. The molecule has 1 unspecified atom stereocenters. The van der Waals surface area contributed by atoms with Crippen molar-refractivity contribution >= 4 is 40.2 Å². The highest BCUT2D eigenvalue weighted by Crippen LogP contribution is 2.36. The number of urea groups is 1. The van der Waals surface area contributed by atoms with Crippen molar-refractivity contribution in [3.63, 3.8) is 0 Å². The summed E-state index contributed by atoms with van der Waals surface area (Å²) >= 11 is 1.31. The van der Waals surface area contributed by atoms with Crippen LogP contribution in [0.5, 0.6) is 5.75 Å². The van der Waals surface area contributed by atoms with E-state index >= 15 is 0 Å². The van der Waals surface area contributed by atoms with Gasteiger partial charge in [0.15, 0.2) is 10.9 Å². The van der Waals surface area contributed by atoms with E-state index in [2.05, 4.69) is 25.5 Å². The van der Waals surface area contributed by atoms with Gasteiger partial charge in [0.25, 0.3) is 5.70 Å². The monoisotopic (exact) mass is 477 g/mol. The van der Waals surface area contributed by atoms with Gasteiger partial charge in [0.1, 0.15) is 29.8 Å². The van der Waals surface area contributed by atoms with E-state index < -0.39 is 17.7 Å². The van der Waals surface area contributed by atoms with Crippen molar-refractivity contribution in [2.24, 2.45) is 10.9 Å². The standard InChI is InChI=1S/C23H19N5O5S/c1-24-20-18(32-11-10-31-2)13-16-19(21(20)29)17(7-8-25-16)33-15-5-3-14(4-6-15)27-22(30)28-23-26-9-12-34-23/h3-9,12-13,19H,10-11H2,2H3,(H2,26,27,28,30). The first kappa shape index (κ1) is 22.9. The van der Waals surface area contributed by atoms with Crippen LogP contribution in [-0.4, -0.2) is 43.3 Å². The second kappa shape index (κ2) is 10.6. The number of thiazole rings is 1. The number of hydrogen-bond donors (Lipinski definition) is 2. The lowest BCUT2D eigenvalue weighted by molar-refractivity contribution is -0.118. The quantitative estimate of drug-likeness (QED) is 0.438. The summed E-state index contributed by atoms with van der Waals surface area (Å²) in [5.74, 6) is -0.320. The molecule has 0 radical (unpaired) electrons. The van der Waals surface area contributed by atoms with Crippen LogP contribution >= 0.6 is 11.3 Å². The van der Waals surface area contributed by atoms with E-state index in [0.29, 0.717) is 34.6 Å². The van der Waals surface area contributed by atoms with Gasteiger partial charge in [0, 0.05) is 30.6 Å². The molecule has 0 spiro atoms. The van der Waals surface area contributed by atoms with E-state index in [0.717, 1.165) is 0 Å². The molecule has 10 nitrogen and oxygen atoms in total. The molecule has 1 aliphatic carbocycles. The number of benzene rings is 1. The van der Waals surface area contributed by atoms with E-state index in [9.17, 15) is 9.59 Å². The molecule has 0 saturated carbocycles. The zero-order chi connectivity index (χ0) is 23.9. The van der Waals surface area contributed by atoms with E-state index in [4.69, 9.17) is 20.8 Å². The zero-order valence-electron chi connectivity index (χ0n) is 18.0. The van der Waals surface area contributed by atoms with E-state index in [1.165, 1.54) is 24.7 Å². The van der Waals surface area contributed by atoms with Gasteiger partial charge in [-0.2, -0.15) is 0 Å². The summed E-state index contributed by atoms with van der Waals surface area (Å²) in [5, 5.41) is 7.58. The summed E-state index contributed by atoms with van der Waals surface area (Å²) in [4.78, 5) is 36.7. The molecular formula is C23H19N5O5S. The Morgan fingerprint density at radius 3 is 2.76 bits per heavy atom. The van der Waals surface area contributed by atoms with Crippen LogP contribution in [0.25, 0.3) is 4.85 Å². The molecule has 172 valence electrons. The number of anilines is 2. The first-order valence-electron chi connectivity index (χ1n) is 10.1. The number of allylic oxidation sites excluding steroid dienone is 3. The van der Waals surface area contributed by atoms with Gasteiger partial charge in [-0.3, -0.25) is 10.3 Å². The Hall–Kier alpha value is -4.27. The van der Waals surface area contributed by atoms with Gasteiger partial charge in [-0.05, 0) is 36.4 Å². The highest BCUT2D eigenvalue weighted by atomic mass is 32.1. The second-order valence-electron chi connectivity index (χ2n) is 6.92. The van der Waals surface area contributed by atoms with Crippen molar-refractivity contribution in [3.8, 4) is 5.75 Å². The fourth-order valence-corrected chi connectivity index (χ4v) is 3.72. The fraction of sp³-hybridized carbons (Fsp3) is 0.174. The SMILES string of the molecule is [C-]#[N+]C1=C(OCCOC)C=C2N=CC=C(Oc3ccc(NC(=O)Nc4nccs4)cc3)C2C1=O. The maximum Gasteiger partial charge on any atom is 0.325 e. The van der Waals surface area contributed by atoms with Crippen molar-refractivity contribution in [3.05, 3.63) is 82.3 Å². The number of dihydropyridines is 1. The van der Waals surface area contributed by atoms with Crippen LogP contribution in [0, 0.1) is 12.5 Å². The molecule has 1 aromatic heterocycles. The molecule has 11 heteroatoms. The lowest BCUT2D eigenvalue weighted by Crippen LogP contribution is -2.28. The minimum Gasteiger partial charge on any atom is -0.502 e. The maximum atomic E-state index is 13.1. The fourth-order valence-electron chi connectivity index (χ4n) is 3.19. The number of fused-ring (bicyclic) bond motifs is 1. The molecule has 2 aromatic rings. The Labute approximate surface area is 199 Å². The van der Waals surface area contributed by atoms with Crippen LogP contribution in [0.2, 0.25) is 0 Å². The Morgan fingerprint density at radius 2 is 2.06 bits per heavy atom. The summed E-state index contributed by atoms with van der Waals surface area (Å²) < 4.78 is 16.4. The van der Waals surface area contributed by atoms with Crippen molar-refractivity contribution in [1.29, 1.82) is 0 Å². The number of hydrogen-bond acceptors (Lipinski definition) is 8. The molecule has 2 N–H and O–H groups in total. The van der Waals surface area contributed by atoms with Crippen LogP contribution in [0.15, 0.2) is 75.9 Å². The zero-order valence-corrected chi connectivity index (χ0v) is 18.8. The summed E-state index contributed by atoms with van der Waals surface area (Å²) in [6.07, 6.45) is 6.29. The maximum absolute atomic E-state index is 13.1. The Kier molecular flexibility index (Phi) is 7.12. The number of carbonyl (C=O) groups excluding carboxylic acids is 2. The first-order valence-corrected chi connectivity index (χ1v) is 11.0. The molecule has 0 fully saturated rings. The van der Waals surface area contributed by atoms with Gasteiger partial charge < -0.3 is 24.3 Å². The third-order valence-electron chi connectivity index (χ3n) is 4.71. The lowest BCUT2D eigenvalue weighted by Gasteiger charge is -2.26. The molecule has 0 saturated heterocycles.